The molecule has 0 unspecified atom stereocenters. The summed E-state index contributed by atoms with van der Waals surface area (Å²) in [6.45, 7) is 4.60. The van der Waals surface area contributed by atoms with Gasteiger partial charge in [-0.1, -0.05) is 29.8 Å². The summed E-state index contributed by atoms with van der Waals surface area (Å²) in [4.78, 5) is 16.1. The number of nitrogens with zero attached hydrogens (tertiary/aromatic N) is 2. The van der Waals surface area contributed by atoms with Crippen molar-refractivity contribution in [2.24, 2.45) is 0 Å². The molecule has 1 amide bonds. The molecule has 28 heavy (non-hydrogen) atoms. The van der Waals surface area contributed by atoms with Crippen LogP contribution in [0, 0.1) is 6.92 Å². The van der Waals surface area contributed by atoms with E-state index < -0.39 is 10.0 Å². The van der Waals surface area contributed by atoms with E-state index in [4.69, 9.17) is 11.6 Å². The van der Waals surface area contributed by atoms with Gasteiger partial charge in [0, 0.05) is 5.02 Å². The maximum atomic E-state index is 13.4. The number of aryl methyl sites for hydroxylation is 1. The van der Waals surface area contributed by atoms with Crippen LogP contribution >= 0.6 is 11.6 Å². The molecule has 6 nitrogen and oxygen atoms in total. The second-order valence-electron chi connectivity index (χ2n) is 7.09. The van der Waals surface area contributed by atoms with E-state index >= 15 is 0 Å². The van der Waals surface area contributed by atoms with E-state index in [9.17, 15) is 13.2 Å². The van der Waals surface area contributed by atoms with Gasteiger partial charge in [-0.15, -0.1) is 0 Å². The topological polar surface area (TPSA) is 62.1 Å². The minimum absolute atomic E-state index is 0.107. The van der Waals surface area contributed by atoms with Gasteiger partial charge in [-0.2, -0.15) is 0 Å². The summed E-state index contributed by atoms with van der Waals surface area (Å²) in [5, 5.41) is 0.456. The number of carbonyl (C=O) groups is 1. The molecular weight excluding hydrogens is 398 g/mol. The number of quaternary nitrogens is 1. The van der Waals surface area contributed by atoms with Crippen LogP contribution in [0.5, 0.6) is 0 Å². The third-order valence-corrected chi connectivity index (χ3v) is 7.06. The molecule has 2 aromatic rings. The van der Waals surface area contributed by atoms with E-state index in [0.717, 1.165) is 18.7 Å². The van der Waals surface area contributed by atoms with Gasteiger partial charge in [0.25, 0.3) is 10.0 Å². The zero-order valence-electron chi connectivity index (χ0n) is 16.1. The summed E-state index contributed by atoms with van der Waals surface area (Å²) in [5.41, 5.74) is 1.29. The van der Waals surface area contributed by atoms with Crippen molar-refractivity contribution in [3.8, 4) is 0 Å². The molecule has 0 bridgehead atoms. The quantitative estimate of drug-likeness (QED) is 0.787. The molecule has 0 saturated carbocycles. The van der Waals surface area contributed by atoms with Gasteiger partial charge < -0.3 is 9.80 Å². The van der Waals surface area contributed by atoms with E-state index in [2.05, 4.69) is 7.05 Å². The van der Waals surface area contributed by atoms with Gasteiger partial charge >= 0.3 is 0 Å². The predicted molar refractivity (Wildman–Crippen MR) is 110 cm³/mol. The summed E-state index contributed by atoms with van der Waals surface area (Å²) in [5.74, 6) is -0.187. The molecule has 1 aliphatic heterocycles. The highest BCUT2D eigenvalue weighted by atomic mass is 35.5. The van der Waals surface area contributed by atoms with E-state index in [1.54, 1.807) is 17.0 Å². The molecule has 2 aromatic carbocycles. The van der Waals surface area contributed by atoms with Crippen LogP contribution in [0.15, 0.2) is 53.4 Å². The lowest BCUT2D eigenvalue weighted by molar-refractivity contribution is -0.883. The van der Waals surface area contributed by atoms with Crippen molar-refractivity contribution in [3.63, 3.8) is 0 Å². The van der Waals surface area contributed by atoms with Crippen molar-refractivity contribution < 1.29 is 18.1 Å². The number of benzene rings is 2. The minimum Gasteiger partial charge on any atom is -0.334 e. The fraction of sp³-hybridized carbons (Fsp3) is 0.350. The molecule has 0 atom stereocenters. The number of likely N-dealkylation sites (N-methyl/N-ethyl adjacent to an activating group) is 1. The monoisotopic (exact) mass is 422 g/mol. The number of carbonyl (C=O) groups excluding carboxylic acids is 1. The second-order valence-corrected chi connectivity index (χ2v) is 9.39. The molecule has 0 aliphatic carbocycles. The van der Waals surface area contributed by atoms with Gasteiger partial charge in [0.05, 0.1) is 43.8 Å². The Morgan fingerprint density at radius 3 is 2.32 bits per heavy atom. The summed E-state index contributed by atoms with van der Waals surface area (Å²) < 4.78 is 28.0. The Bertz CT molecular complexity index is 939. The standard InChI is InChI=1S/C20H24ClN3O3S/c1-16-5-3-4-6-19(16)24(15-20(25)23-13-11-22(2)12-14-23)28(26,27)18-9-7-17(21)8-10-18/h3-10H,11-15H2,1-2H3/p+1. The van der Waals surface area contributed by atoms with Crippen molar-refractivity contribution in [1.82, 2.24) is 4.90 Å². The third kappa shape index (κ3) is 4.48. The van der Waals surface area contributed by atoms with E-state index in [-0.39, 0.29) is 17.3 Å². The third-order valence-electron chi connectivity index (χ3n) is 5.03. The van der Waals surface area contributed by atoms with Crippen LogP contribution in [0.3, 0.4) is 0 Å². The van der Waals surface area contributed by atoms with Crippen LogP contribution in [-0.2, 0) is 14.8 Å². The summed E-state index contributed by atoms with van der Waals surface area (Å²) in [7, 11) is -1.83. The minimum atomic E-state index is -3.92. The molecule has 1 aliphatic rings. The number of hydrogen-bond acceptors (Lipinski definition) is 3. The molecule has 0 aromatic heterocycles. The molecule has 0 spiro atoms. The smallest absolute Gasteiger partial charge is 0.264 e. The molecule has 3 rings (SSSR count). The fourth-order valence-electron chi connectivity index (χ4n) is 3.24. The van der Waals surface area contributed by atoms with E-state index in [1.165, 1.54) is 33.5 Å². The maximum absolute atomic E-state index is 13.4. The summed E-state index contributed by atoms with van der Waals surface area (Å²) >= 11 is 5.91. The average Bonchev–Trinajstić information content (AvgIpc) is 2.67. The van der Waals surface area contributed by atoms with Crippen LogP contribution in [0.2, 0.25) is 5.02 Å². The highest BCUT2D eigenvalue weighted by Crippen LogP contribution is 2.27. The fourth-order valence-corrected chi connectivity index (χ4v) is 4.84. The largest absolute Gasteiger partial charge is 0.334 e. The number of para-hydroxylation sites is 1. The zero-order chi connectivity index (χ0) is 20.3. The normalized spacial score (nSPS) is 15.5. The van der Waals surface area contributed by atoms with Crippen molar-refractivity contribution in [1.29, 1.82) is 0 Å². The van der Waals surface area contributed by atoms with Crippen LogP contribution in [0.1, 0.15) is 5.56 Å². The number of halogens is 1. The van der Waals surface area contributed by atoms with E-state index in [1.807, 2.05) is 19.1 Å². The Labute approximate surface area is 171 Å². The number of hydrogen-bond donors (Lipinski definition) is 1. The van der Waals surface area contributed by atoms with Crippen molar-refractivity contribution >= 4 is 33.2 Å². The number of anilines is 1. The lowest BCUT2D eigenvalue weighted by atomic mass is 10.2. The van der Waals surface area contributed by atoms with Crippen LogP contribution in [0.4, 0.5) is 5.69 Å². The molecule has 8 heteroatoms. The van der Waals surface area contributed by atoms with Crippen LogP contribution < -0.4 is 9.21 Å². The number of amides is 1. The second kappa shape index (κ2) is 8.51. The maximum Gasteiger partial charge on any atom is 0.264 e. The molecule has 1 saturated heterocycles. The summed E-state index contributed by atoms with van der Waals surface area (Å²) in [6.07, 6.45) is 0. The molecule has 1 N–H and O–H groups in total. The molecule has 150 valence electrons. The highest BCUT2D eigenvalue weighted by molar-refractivity contribution is 7.92. The SMILES string of the molecule is Cc1ccccc1N(CC(=O)N1CC[NH+](C)CC1)S(=O)(=O)c1ccc(Cl)cc1. The van der Waals surface area contributed by atoms with Crippen LogP contribution in [-0.4, -0.2) is 59.0 Å². The average molecular weight is 423 g/mol. The Morgan fingerprint density at radius 1 is 1.11 bits per heavy atom. The van der Waals surface area contributed by atoms with Gasteiger partial charge in [0.1, 0.15) is 6.54 Å². The number of piperazine rings is 1. The summed E-state index contributed by atoms with van der Waals surface area (Å²) in [6, 6.07) is 13.2. The van der Waals surface area contributed by atoms with Gasteiger partial charge in [0.2, 0.25) is 5.91 Å². The predicted octanol–water partition coefficient (Wildman–Crippen LogP) is 1.20. The van der Waals surface area contributed by atoms with Crippen molar-refractivity contribution in [2.75, 3.05) is 44.1 Å². The number of rotatable bonds is 5. The molecule has 0 radical (unpaired) electrons. The highest BCUT2D eigenvalue weighted by Gasteiger charge is 2.31. The molecule has 1 heterocycles. The first kappa shape index (κ1) is 20.6. The Hall–Kier alpha value is -2.09. The Kier molecular flexibility index (Phi) is 6.27. The van der Waals surface area contributed by atoms with Gasteiger partial charge in [0.15, 0.2) is 0 Å². The molecule has 1 fully saturated rings. The first-order chi connectivity index (χ1) is 13.3. The lowest BCUT2D eigenvalue weighted by Crippen LogP contribution is -3.12. The van der Waals surface area contributed by atoms with Crippen molar-refractivity contribution in [2.45, 2.75) is 11.8 Å². The van der Waals surface area contributed by atoms with Gasteiger partial charge in [-0.05, 0) is 42.8 Å². The van der Waals surface area contributed by atoms with Crippen LogP contribution in [0.25, 0.3) is 0 Å². The first-order valence-electron chi connectivity index (χ1n) is 9.22. The first-order valence-corrected chi connectivity index (χ1v) is 11.0. The van der Waals surface area contributed by atoms with Crippen molar-refractivity contribution in [3.05, 3.63) is 59.1 Å². The van der Waals surface area contributed by atoms with E-state index in [0.29, 0.717) is 23.8 Å². The van der Waals surface area contributed by atoms with Gasteiger partial charge in [-0.25, -0.2) is 8.42 Å². The van der Waals surface area contributed by atoms with Gasteiger partial charge in [-0.3, -0.25) is 9.10 Å². The Balaban J connectivity index is 1.95. The number of nitrogens with one attached hydrogen (secondary N) is 1. The zero-order valence-corrected chi connectivity index (χ0v) is 17.6. The number of sulfonamides is 1. The Morgan fingerprint density at radius 2 is 1.71 bits per heavy atom. The lowest BCUT2D eigenvalue weighted by Gasteiger charge is -2.32. The molecular formula is C20H25ClN3O3S+.